The van der Waals surface area contributed by atoms with E-state index in [1.54, 1.807) is 20.2 Å². The van der Waals surface area contributed by atoms with Crippen LogP contribution in [-0.2, 0) is 11.2 Å². The number of amides is 2. The maximum Gasteiger partial charge on any atom is 0.271 e. The quantitative estimate of drug-likeness (QED) is 0.805. The van der Waals surface area contributed by atoms with Gasteiger partial charge in [-0.1, -0.05) is 12.1 Å². The largest absolute Gasteiger partial charge is 0.497 e. The van der Waals surface area contributed by atoms with Crippen molar-refractivity contribution in [3.63, 3.8) is 0 Å². The molecule has 28 heavy (non-hydrogen) atoms. The summed E-state index contributed by atoms with van der Waals surface area (Å²) in [6.45, 7) is 4.86. The Bertz CT molecular complexity index is 800. The number of carbonyl (C=O) groups excluding carboxylic acids is 2. The normalized spacial score (nSPS) is 13.9. The molecule has 2 amide bonds. The molecule has 1 N–H and O–H groups in total. The van der Waals surface area contributed by atoms with Gasteiger partial charge in [0.1, 0.15) is 17.3 Å². The van der Waals surface area contributed by atoms with Gasteiger partial charge in [-0.05, 0) is 24.1 Å². The van der Waals surface area contributed by atoms with Crippen molar-refractivity contribution in [1.29, 1.82) is 0 Å². The van der Waals surface area contributed by atoms with Gasteiger partial charge in [-0.25, -0.2) is 9.97 Å². The van der Waals surface area contributed by atoms with E-state index in [2.05, 4.69) is 20.2 Å². The van der Waals surface area contributed by atoms with Crippen molar-refractivity contribution in [2.75, 3.05) is 44.7 Å². The number of benzene rings is 1. The highest BCUT2D eigenvalue weighted by molar-refractivity contribution is 5.92. The number of aromatic nitrogens is 2. The molecule has 0 atom stereocenters. The van der Waals surface area contributed by atoms with Crippen LogP contribution in [0.4, 0.5) is 5.82 Å². The molecule has 0 radical (unpaired) electrons. The molecular formula is C20H25N5O3. The highest BCUT2D eigenvalue weighted by Crippen LogP contribution is 2.13. The van der Waals surface area contributed by atoms with Gasteiger partial charge in [0.25, 0.3) is 5.91 Å². The summed E-state index contributed by atoms with van der Waals surface area (Å²) in [5, 5.41) is 2.86. The highest BCUT2D eigenvalue weighted by Gasteiger charge is 2.20. The van der Waals surface area contributed by atoms with Crippen LogP contribution in [0, 0.1) is 0 Å². The Labute approximate surface area is 164 Å². The minimum Gasteiger partial charge on any atom is -0.497 e. The number of nitrogens with one attached hydrogen (secondary N) is 1. The smallest absolute Gasteiger partial charge is 0.271 e. The maximum atomic E-state index is 12.2. The summed E-state index contributed by atoms with van der Waals surface area (Å²) in [4.78, 5) is 36.1. The van der Waals surface area contributed by atoms with Gasteiger partial charge >= 0.3 is 0 Å². The Morgan fingerprint density at radius 1 is 1.07 bits per heavy atom. The van der Waals surface area contributed by atoms with Crippen molar-refractivity contribution in [2.45, 2.75) is 13.3 Å². The SMILES string of the molecule is COc1ccc(CCNC(=O)c2cnc(N3CCN(C(C)=O)CC3)cn2)cc1. The molecule has 1 fully saturated rings. The van der Waals surface area contributed by atoms with Gasteiger partial charge < -0.3 is 19.9 Å². The lowest BCUT2D eigenvalue weighted by Gasteiger charge is -2.34. The van der Waals surface area contributed by atoms with Crippen molar-refractivity contribution < 1.29 is 14.3 Å². The first-order chi connectivity index (χ1) is 13.6. The van der Waals surface area contributed by atoms with Gasteiger partial charge in [0.2, 0.25) is 5.91 Å². The Morgan fingerprint density at radius 3 is 2.36 bits per heavy atom. The van der Waals surface area contributed by atoms with Crippen LogP contribution in [0.3, 0.4) is 0 Å². The first-order valence-corrected chi connectivity index (χ1v) is 9.30. The number of rotatable bonds is 6. The second kappa shape index (κ2) is 9.16. The van der Waals surface area contributed by atoms with E-state index in [1.165, 1.54) is 6.20 Å². The second-order valence-corrected chi connectivity index (χ2v) is 6.61. The molecule has 148 valence electrons. The summed E-state index contributed by atoms with van der Waals surface area (Å²) in [5.74, 6) is 1.38. The lowest BCUT2D eigenvalue weighted by molar-refractivity contribution is -0.129. The summed E-state index contributed by atoms with van der Waals surface area (Å²) in [6, 6.07) is 7.76. The van der Waals surface area contributed by atoms with Crippen LogP contribution >= 0.6 is 0 Å². The Hall–Kier alpha value is -3.16. The summed E-state index contributed by atoms with van der Waals surface area (Å²) in [6.07, 6.45) is 3.83. The Kier molecular flexibility index (Phi) is 6.41. The predicted molar refractivity (Wildman–Crippen MR) is 106 cm³/mol. The third-order valence-corrected chi connectivity index (χ3v) is 4.78. The molecule has 0 aliphatic carbocycles. The van der Waals surface area contributed by atoms with E-state index in [-0.39, 0.29) is 11.8 Å². The average Bonchev–Trinajstić information content (AvgIpc) is 2.74. The second-order valence-electron chi connectivity index (χ2n) is 6.61. The first-order valence-electron chi connectivity index (χ1n) is 9.30. The zero-order chi connectivity index (χ0) is 19.9. The molecule has 1 aliphatic heterocycles. The molecule has 2 aromatic rings. The van der Waals surface area contributed by atoms with Crippen LogP contribution in [0.25, 0.3) is 0 Å². The fourth-order valence-electron chi connectivity index (χ4n) is 3.06. The van der Waals surface area contributed by atoms with Crippen LogP contribution in [0.5, 0.6) is 5.75 Å². The van der Waals surface area contributed by atoms with Crippen molar-refractivity contribution in [1.82, 2.24) is 20.2 Å². The fraction of sp³-hybridized carbons (Fsp3) is 0.400. The number of hydrogen-bond donors (Lipinski definition) is 1. The number of nitrogens with zero attached hydrogens (tertiary/aromatic N) is 4. The number of carbonyl (C=O) groups is 2. The van der Waals surface area contributed by atoms with E-state index in [9.17, 15) is 9.59 Å². The van der Waals surface area contributed by atoms with Crippen LogP contribution in [-0.4, -0.2) is 66.5 Å². The van der Waals surface area contributed by atoms with Crippen molar-refractivity contribution in [2.24, 2.45) is 0 Å². The molecular weight excluding hydrogens is 358 g/mol. The number of methoxy groups -OCH3 is 1. The molecule has 0 saturated carbocycles. The van der Waals surface area contributed by atoms with E-state index in [4.69, 9.17) is 4.74 Å². The number of piperazine rings is 1. The standard InChI is InChI=1S/C20H25N5O3/c1-15(26)24-9-11-25(12-10-24)19-14-22-18(13-23-19)20(27)21-8-7-16-3-5-17(28-2)6-4-16/h3-6,13-14H,7-12H2,1-2H3,(H,21,27). The van der Waals surface area contributed by atoms with Crippen molar-refractivity contribution in [3.8, 4) is 5.75 Å². The molecule has 1 aromatic heterocycles. The topological polar surface area (TPSA) is 87.7 Å². The van der Waals surface area contributed by atoms with Crippen molar-refractivity contribution in [3.05, 3.63) is 47.9 Å². The molecule has 8 nitrogen and oxygen atoms in total. The minimum atomic E-state index is -0.242. The van der Waals surface area contributed by atoms with Gasteiger partial charge in [-0.2, -0.15) is 0 Å². The van der Waals surface area contributed by atoms with Crippen molar-refractivity contribution >= 4 is 17.6 Å². The summed E-state index contributed by atoms with van der Waals surface area (Å²) >= 11 is 0. The van der Waals surface area contributed by atoms with Crippen LogP contribution in [0.15, 0.2) is 36.7 Å². The summed E-state index contributed by atoms with van der Waals surface area (Å²) in [5.41, 5.74) is 1.41. The Morgan fingerprint density at radius 2 is 1.79 bits per heavy atom. The van der Waals surface area contributed by atoms with Gasteiger partial charge in [0.05, 0.1) is 19.5 Å². The van der Waals surface area contributed by atoms with E-state index in [0.29, 0.717) is 38.4 Å². The Balaban J connectivity index is 1.47. The van der Waals surface area contributed by atoms with E-state index >= 15 is 0 Å². The molecule has 0 bridgehead atoms. The molecule has 0 spiro atoms. The van der Waals surface area contributed by atoms with Crippen LogP contribution in [0.2, 0.25) is 0 Å². The van der Waals surface area contributed by atoms with Gasteiger partial charge in [-0.3, -0.25) is 9.59 Å². The van der Waals surface area contributed by atoms with Crippen LogP contribution < -0.4 is 15.0 Å². The highest BCUT2D eigenvalue weighted by atomic mass is 16.5. The molecule has 2 heterocycles. The van der Waals surface area contributed by atoms with Gasteiger partial charge in [-0.15, -0.1) is 0 Å². The lowest BCUT2D eigenvalue weighted by atomic mass is 10.1. The molecule has 1 saturated heterocycles. The summed E-state index contributed by atoms with van der Waals surface area (Å²) < 4.78 is 5.13. The van der Waals surface area contributed by atoms with Crippen LogP contribution in [0.1, 0.15) is 23.0 Å². The zero-order valence-corrected chi connectivity index (χ0v) is 16.2. The first kappa shape index (κ1) is 19.6. The molecule has 1 aliphatic rings. The minimum absolute atomic E-state index is 0.0902. The predicted octanol–water partition coefficient (Wildman–Crippen LogP) is 1.13. The third-order valence-electron chi connectivity index (χ3n) is 4.78. The van der Waals surface area contributed by atoms with E-state index in [1.807, 2.05) is 29.2 Å². The third kappa shape index (κ3) is 4.97. The number of anilines is 1. The monoisotopic (exact) mass is 383 g/mol. The fourth-order valence-corrected chi connectivity index (χ4v) is 3.06. The molecule has 8 heteroatoms. The average molecular weight is 383 g/mol. The lowest BCUT2D eigenvalue weighted by Crippen LogP contribution is -2.48. The molecule has 3 rings (SSSR count). The van der Waals surface area contributed by atoms with E-state index < -0.39 is 0 Å². The zero-order valence-electron chi connectivity index (χ0n) is 16.2. The number of ether oxygens (including phenoxy) is 1. The van der Waals surface area contributed by atoms with Gasteiger partial charge in [0.15, 0.2) is 0 Å². The molecule has 1 aromatic carbocycles. The molecule has 0 unspecified atom stereocenters. The van der Waals surface area contributed by atoms with E-state index in [0.717, 1.165) is 23.6 Å². The number of hydrogen-bond acceptors (Lipinski definition) is 6. The summed E-state index contributed by atoms with van der Waals surface area (Å²) in [7, 11) is 1.63. The van der Waals surface area contributed by atoms with Gasteiger partial charge in [0, 0.05) is 39.6 Å². The maximum absolute atomic E-state index is 12.2.